The van der Waals surface area contributed by atoms with E-state index < -0.39 is 12.7 Å². The van der Waals surface area contributed by atoms with Gasteiger partial charge in [-0.2, -0.15) is 18.3 Å². The van der Waals surface area contributed by atoms with Gasteiger partial charge < -0.3 is 0 Å². The first-order valence-electron chi connectivity index (χ1n) is 7.50. The summed E-state index contributed by atoms with van der Waals surface area (Å²) < 4.78 is 38.2. The van der Waals surface area contributed by atoms with Gasteiger partial charge in [-0.15, -0.1) is 0 Å². The topological polar surface area (TPSA) is 17.8 Å². The molecule has 0 aliphatic heterocycles. The van der Waals surface area contributed by atoms with Gasteiger partial charge in [-0.05, 0) is 24.8 Å². The number of hydrogen-bond acceptors (Lipinski definition) is 1. The molecule has 0 aliphatic carbocycles. The Morgan fingerprint density at radius 1 is 1.20 bits per heavy atom. The third-order valence-electron chi connectivity index (χ3n) is 3.58. The van der Waals surface area contributed by atoms with Gasteiger partial charge in [-0.1, -0.05) is 46.0 Å². The summed E-state index contributed by atoms with van der Waals surface area (Å²) >= 11 is 0. The third-order valence-corrected chi connectivity index (χ3v) is 3.58. The number of halogens is 3. The molecule has 0 saturated heterocycles. The summed E-state index contributed by atoms with van der Waals surface area (Å²) in [5, 5.41) is 3.76. The van der Waals surface area contributed by atoms with E-state index in [0.717, 1.165) is 17.5 Å². The average Bonchev–Trinajstić information content (AvgIpc) is 2.77. The number of nitrogens with zero attached hydrogens (tertiary/aromatic N) is 2. The zero-order chi connectivity index (χ0) is 15.0. The molecular formula is C15H25F3N2. The highest BCUT2D eigenvalue weighted by molar-refractivity contribution is 5.01. The molecule has 20 heavy (non-hydrogen) atoms. The molecule has 116 valence electrons. The van der Waals surface area contributed by atoms with E-state index in [-0.39, 0.29) is 0 Å². The molecule has 2 nitrogen and oxygen atoms in total. The van der Waals surface area contributed by atoms with Crippen molar-refractivity contribution in [2.75, 3.05) is 0 Å². The van der Waals surface area contributed by atoms with Gasteiger partial charge in [0, 0.05) is 11.9 Å². The summed E-state index contributed by atoms with van der Waals surface area (Å²) in [4.78, 5) is 0. The van der Waals surface area contributed by atoms with E-state index in [9.17, 15) is 13.2 Å². The van der Waals surface area contributed by atoms with Crippen LogP contribution in [0.15, 0.2) is 12.3 Å². The minimum atomic E-state index is -4.20. The Balaban J connectivity index is 2.32. The number of aromatic nitrogens is 2. The largest absolute Gasteiger partial charge is 0.408 e. The van der Waals surface area contributed by atoms with E-state index >= 15 is 0 Å². The van der Waals surface area contributed by atoms with Crippen LogP contribution in [0.4, 0.5) is 13.2 Å². The molecule has 0 saturated carbocycles. The molecular weight excluding hydrogens is 265 g/mol. The van der Waals surface area contributed by atoms with Crippen molar-refractivity contribution >= 4 is 0 Å². The molecule has 0 aliphatic rings. The Kier molecular flexibility index (Phi) is 7.10. The lowest BCUT2D eigenvalue weighted by Gasteiger charge is -2.13. The second-order valence-electron chi connectivity index (χ2n) is 5.59. The number of unbranched alkanes of at least 4 members (excludes halogenated alkanes) is 3. The van der Waals surface area contributed by atoms with Gasteiger partial charge in [0.25, 0.3) is 0 Å². The molecule has 0 fully saturated rings. The number of hydrogen-bond donors (Lipinski definition) is 0. The van der Waals surface area contributed by atoms with Crippen LogP contribution >= 0.6 is 0 Å². The number of alkyl halides is 3. The van der Waals surface area contributed by atoms with Crippen LogP contribution in [0.25, 0.3) is 0 Å². The van der Waals surface area contributed by atoms with Crippen molar-refractivity contribution < 1.29 is 13.2 Å². The molecule has 0 bridgehead atoms. The minimum Gasteiger partial charge on any atom is -0.260 e. The summed E-state index contributed by atoms with van der Waals surface area (Å²) in [5.74, 6) is 0.557. The van der Waals surface area contributed by atoms with E-state index in [4.69, 9.17) is 0 Å². The van der Waals surface area contributed by atoms with E-state index in [1.807, 2.05) is 0 Å². The maximum atomic E-state index is 12.4. The molecule has 0 aromatic carbocycles. The van der Waals surface area contributed by atoms with Gasteiger partial charge in [0.2, 0.25) is 0 Å². The van der Waals surface area contributed by atoms with E-state index in [2.05, 4.69) is 18.9 Å². The molecule has 1 aromatic heterocycles. The van der Waals surface area contributed by atoms with Crippen LogP contribution in [-0.4, -0.2) is 16.0 Å². The monoisotopic (exact) mass is 290 g/mol. The van der Waals surface area contributed by atoms with Crippen molar-refractivity contribution in [2.45, 2.75) is 71.5 Å². The molecule has 0 radical (unpaired) electrons. The van der Waals surface area contributed by atoms with Crippen molar-refractivity contribution in [3.63, 3.8) is 0 Å². The molecule has 1 atom stereocenters. The zero-order valence-electron chi connectivity index (χ0n) is 12.4. The smallest absolute Gasteiger partial charge is 0.260 e. The van der Waals surface area contributed by atoms with E-state index in [1.165, 1.54) is 31.9 Å². The first kappa shape index (κ1) is 17.1. The lowest BCUT2D eigenvalue weighted by atomic mass is 9.97. The van der Waals surface area contributed by atoms with Crippen molar-refractivity contribution in [2.24, 2.45) is 5.92 Å². The zero-order valence-corrected chi connectivity index (χ0v) is 12.4. The Bertz CT molecular complexity index is 371. The highest BCUT2D eigenvalue weighted by Gasteiger charge is 2.29. The van der Waals surface area contributed by atoms with Crippen LogP contribution in [0.5, 0.6) is 0 Å². The fourth-order valence-electron chi connectivity index (χ4n) is 2.34. The van der Waals surface area contributed by atoms with Crippen LogP contribution < -0.4 is 0 Å². The predicted molar refractivity (Wildman–Crippen MR) is 74.5 cm³/mol. The highest BCUT2D eigenvalue weighted by Crippen LogP contribution is 2.20. The lowest BCUT2D eigenvalue weighted by Crippen LogP contribution is -2.20. The summed E-state index contributed by atoms with van der Waals surface area (Å²) in [5.41, 5.74) is 0.683. The van der Waals surface area contributed by atoms with Crippen LogP contribution in [-0.2, 0) is 13.0 Å². The van der Waals surface area contributed by atoms with Crippen molar-refractivity contribution in [3.05, 3.63) is 18.0 Å². The minimum absolute atomic E-state index is 0.557. The van der Waals surface area contributed by atoms with Gasteiger partial charge in [-0.3, -0.25) is 4.68 Å². The normalized spacial score (nSPS) is 13.7. The summed E-state index contributed by atoms with van der Waals surface area (Å²) in [7, 11) is 0. The van der Waals surface area contributed by atoms with Crippen LogP contribution in [0.1, 0.15) is 58.1 Å². The first-order chi connectivity index (χ1) is 9.42. The SMILES string of the molecule is CCCCCCC(C)CCc1ccnn1CC(F)(F)F. The quantitative estimate of drug-likeness (QED) is 0.586. The van der Waals surface area contributed by atoms with E-state index in [1.54, 1.807) is 6.07 Å². The molecule has 1 aromatic rings. The van der Waals surface area contributed by atoms with Gasteiger partial charge in [0.1, 0.15) is 6.54 Å². The van der Waals surface area contributed by atoms with Crippen LogP contribution in [0, 0.1) is 5.92 Å². The molecule has 1 unspecified atom stereocenters. The highest BCUT2D eigenvalue weighted by atomic mass is 19.4. The second-order valence-corrected chi connectivity index (χ2v) is 5.59. The second kappa shape index (κ2) is 8.32. The molecule has 1 heterocycles. The summed E-state index contributed by atoms with van der Waals surface area (Å²) in [6, 6.07) is 1.69. The van der Waals surface area contributed by atoms with Gasteiger partial charge >= 0.3 is 6.18 Å². The molecule has 0 spiro atoms. The Labute approximate surface area is 119 Å². The Hall–Kier alpha value is -1.00. The summed E-state index contributed by atoms with van der Waals surface area (Å²) in [6.07, 6.45) is 4.98. The van der Waals surface area contributed by atoms with Crippen LogP contribution in [0.3, 0.4) is 0 Å². The number of rotatable bonds is 9. The predicted octanol–water partition coefficient (Wildman–Crippen LogP) is 4.98. The first-order valence-corrected chi connectivity index (χ1v) is 7.50. The molecule has 1 rings (SSSR count). The lowest BCUT2D eigenvalue weighted by molar-refractivity contribution is -0.143. The van der Waals surface area contributed by atoms with Crippen molar-refractivity contribution in [1.29, 1.82) is 0 Å². The van der Waals surface area contributed by atoms with Crippen LogP contribution in [0.2, 0.25) is 0 Å². The van der Waals surface area contributed by atoms with Gasteiger partial charge in [0.05, 0.1) is 0 Å². The molecule has 0 N–H and O–H groups in total. The van der Waals surface area contributed by atoms with Crippen molar-refractivity contribution in [1.82, 2.24) is 9.78 Å². The fourth-order valence-corrected chi connectivity index (χ4v) is 2.34. The maximum absolute atomic E-state index is 12.4. The van der Waals surface area contributed by atoms with Gasteiger partial charge in [0.15, 0.2) is 0 Å². The summed E-state index contributed by atoms with van der Waals surface area (Å²) in [6.45, 7) is 3.38. The maximum Gasteiger partial charge on any atom is 0.408 e. The Morgan fingerprint density at radius 3 is 2.60 bits per heavy atom. The Morgan fingerprint density at radius 2 is 1.95 bits per heavy atom. The molecule has 0 amide bonds. The fraction of sp³-hybridized carbons (Fsp3) is 0.800. The number of aryl methyl sites for hydroxylation is 1. The van der Waals surface area contributed by atoms with Crippen molar-refractivity contribution in [3.8, 4) is 0 Å². The van der Waals surface area contributed by atoms with Gasteiger partial charge in [-0.25, -0.2) is 0 Å². The third kappa shape index (κ3) is 6.96. The molecule has 5 heteroatoms. The average molecular weight is 290 g/mol. The standard InChI is InChI=1S/C15H25F3N2/c1-3-4-5-6-7-13(2)8-9-14-10-11-19-20(14)12-15(16,17)18/h10-11,13H,3-9,12H2,1-2H3. The van der Waals surface area contributed by atoms with E-state index in [0.29, 0.717) is 18.0 Å².